The quantitative estimate of drug-likeness (QED) is 0.421. The Morgan fingerprint density at radius 3 is 2.46 bits per heavy atom. The van der Waals surface area contributed by atoms with Crippen LogP contribution in [0.4, 0.5) is 5.69 Å². The number of allylic oxidation sites excluding steroid dienone is 3. The first-order valence-corrected chi connectivity index (χ1v) is 3.91. The lowest BCUT2D eigenvalue weighted by molar-refractivity contribution is 1.53. The molecule has 13 heavy (non-hydrogen) atoms. The lowest BCUT2D eigenvalue weighted by Gasteiger charge is -1.92. The molecule has 2 N–H and O–H groups in total. The number of hydrogen-bond donors (Lipinski definition) is 1. The molecule has 0 aliphatic rings. The van der Waals surface area contributed by atoms with Crippen molar-refractivity contribution in [2.45, 2.75) is 0 Å². The predicted octanol–water partition coefficient (Wildman–Crippen LogP) is 2.36. The predicted molar refractivity (Wildman–Crippen MR) is 54.6 cm³/mol. The molecule has 0 saturated carbocycles. The topological polar surface area (TPSA) is 49.8 Å². The van der Waals surface area contributed by atoms with Gasteiger partial charge in [-0.2, -0.15) is 5.26 Å². The van der Waals surface area contributed by atoms with E-state index in [4.69, 9.17) is 11.0 Å². The van der Waals surface area contributed by atoms with E-state index in [1.54, 1.807) is 6.08 Å². The van der Waals surface area contributed by atoms with Gasteiger partial charge in [0.1, 0.15) is 0 Å². The highest BCUT2D eigenvalue weighted by atomic mass is 14.5. The molecule has 0 aliphatic carbocycles. The van der Waals surface area contributed by atoms with Gasteiger partial charge in [0, 0.05) is 11.8 Å². The Morgan fingerprint density at radius 2 is 1.85 bits per heavy atom. The van der Waals surface area contributed by atoms with Gasteiger partial charge in [-0.25, -0.2) is 0 Å². The molecule has 0 saturated heterocycles. The van der Waals surface area contributed by atoms with E-state index in [1.165, 1.54) is 6.08 Å². The molecule has 2 nitrogen and oxygen atoms in total. The Balaban J connectivity index is 2.65. The first kappa shape index (κ1) is 9.08. The summed E-state index contributed by atoms with van der Waals surface area (Å²) in [7, 11) is 0. The minimum absolute atomic E-state index is 0.754. The molecule has 1 rings (SSSR count). The number of hydrogen-bond acceptors (Lipinski definition) is 2. The fourth-order valence-corrected chi connectivity index (χ4v) is 0.872. The fraction of sp³-hybridized carbons (Fsp3) is 0. The molecule has 1 aromatic carbocycles. The zero-order chi connectivity index (χ0) is 9.52. The summed E-state index contributed by atoms with van der Waals surface area (Å²) < 4.78 is 0. The van der Waals surface area contributed by atoms with Crippen molar-refractivity contribution >= 4 is 11.8 Å². The van der Waals surface area contributed by atoms with Crippen molar-refractivity contribution in [1.82, 2.24) is 0 Å². The molecule has 0 heterocycles. The Bertz CT molecular complexity index is 353. The standard InChI is InChI=1S/C11H10N2/c12-9-3-1-2-4-10-5-7-11(13)8-6-10/h1-8H,13H2/b3-1-,4-2+. The lowest BCUT2D eigenvalue weighted by atomic mass is 10.2. The maximum absolute atomic E-state index is 8.21. The zero-order valence-electron chi connectivity index (χ0n) is 7.14. The third kappa shape index (κ3) is 3.26. The Labute approximate surface area is 77.6 Å². The van der Waals surface area contributed by atoms with Gasteiger partial charge in [0.15, 0.2) is 0 Å². The van der Waals surface area contributed by atoms with Crippen LogP contribution in [0, 0.1) is 11.3 Å². The summed E-state index contributed by atoms with van der Waals surface area (Å²) in [5, 5.41) is 8.21. The molecular formula is C11H10N2. The summed E-state index contributed by atoms with van der Waals surface area (Å²) in [6, 6.07) is 9.44. The van der Waals surface area contributed by atoms with Gasteiger partial charge in [-0.05, 0) is 17.7 Å². The van der Waals surface area contributed by atoms with Crippen LogP contribution >= 0.6 is 0 Å². The maximum atomic E-state index is 8.21. The molecule has 0 spiro atoms. The average Bonchev–Trinajstić information content (AvgIpc) is 2.15. The van der Waals surface area contributed by atoms with Gasteiger partial charge in [-0.3, -0.25) is 0 Å². The summed E-state index contributed by atoms with van der Waals surface area (Å²) in [5.41, 5.74) is 7.34. The van der Waals surface area contributed by atoms with Crippen molar-refractivity contribution in [2.75, 3.05) is 5.73 Å². The van der Waals surface area contributed by atoms with Crippen LogP contribution in [-0.4, -0.2) is 0 Å². The number of benzene rings is 1. The Hall–Kier alpha value is -2.01. The van der Waals surface area contributed by atoms with E-state index in [-0.39, 0.29) is 0 Å². The SMILES string of the molecule is N#C/C=C\C=C\c1ccc(N)cc1. The van der Waals surface area contributed by atoms with Gasteiger partial charge >= 0.3 is 0 Å². The highest BCUT2D eigenvalue weighted by molar-refractivity contribution is 5.54. The van der Waals surface area contributed by atoms with Crippen LogP contribution in [0.1, 0.15) is 5.56 Å². The van der Waals surface area contributed by atoms with Crippen molar-refractivity contribution < 1.29 is 0 Å². The first-order chi connectivity index (χ1) is 6.33. The van der Waals surface area contributed by atoms with E-state index in [2.05, 4.69) is 0 Å². The molecule has 0 aliphatic heterocycles. The zero-order valence-corrected chi connectivity index (χ0v) is 7.14. The highest BCUT2D eigenvalue weighted by Gasteiger charge is 1.84. The molecular weight excluding hydrogens is 160 g/mol. The fourth-order valence-electron chi connectivity index (χ4n) is 0.872. The van der Waals surface area contributed by atoms with Crippen LogP contribution in [-0.2, 0) is 0 Å². The molecule has 0 bridgehead atoms. The van der Waals surface area contributed by atoms with Crippen LogP contribution in [0.15, 0.2) is 42.5 Å². The molecule has 0 radical (unpaired) electrons. The molecule has 0 fully saturated rings. The van der Waals surface area contributed by atoms with Crippen molar-refractivity contribution in [1.29, 1.82) is 5.26 Å². The minimum atomic E-state index is 0.754. The van der Waals surface area contributed by atoms with Crippen molar-refractivity contribution in [3.8, 4) is 6.07 Å². The molecule has 0 unspecified atom stereocenters. The molecule has 0 atom stereocenters. The van der Waals surface area contributed by atoms with Gasteiger partial charge < -0.3 is 5.73 Å². The van der Waals surface area contributed by atoms with Crippen molar-refractivity contribution in [3.05, 3.63) is 48.1 Å². The number of anilines is 1. The van der Waals surface area contributed by atoms with Crippen LogP contribution in [0.5, 0.6) is 0 Å². The number of rotatable bonds is 2. The van der Waals surface area contributed by atoms with Crippen LogP contribution < -0.4 is 5.73 Å². The van der Waals surface area contributed by atoms with E-state index < -0.39 is 0 Å². The second kappa shape index (κ2) is 4.78. The number of nitrogens with zero attached hydrogens (tertiary/aromatic N) is 1. The summed E-state index contributed by atoms with van der Waals surface area (Å²) in [5.74, 6) is 0. The molecule has 64 valence electrons. The third-order valence-corrected chi connectivity index (χ3v) is 1.51. The second-order valence-corrected chi connectivity index (χ2v) is 2.51. The molecule has 0 amide bonds. The van der Waals surface area contributed by atoms with Gasteiger partial charge in [-0.15, -0.1) is 0 Å². The molecule has 2 heteroatoms. The summed E-state index contributed by atoms with van der Waals surface area (Å²) in [6.07, 6.45) is 6.84. The summed E-state index contributed by atoms with van der Waals surface area (Å²) >= 11 is 0. The normalized spacial score (nSPS) is 10.7. The Kier molecular flexibility index (Phi) is 3.34. The Morgan fingerprint density at radius 1 is 1.15 bits per heavy atom. The van der Waals surface area contributed by atoms with Gasteiger partial charge in [0.25, 0.3) is 0 Å². The van der Waals surface area contributed by atoms with Gasteiger partial charge in [-0.1, -0.05) is 30.4 Å². The van der Waals surface area contributed by atoms with Gasteiger partial charge in [0.2, 0.25) is 0 Å². The lowest BCUT2D eigenvalue weighted by Crippen LogP contribution is -1.82. The van der Waals surface area contributed by atoms with E-state index in [0.717, 1.165) is 11.3 Å². The molecule has 1 aromatic rings. The van der Waals surface area contributed by atoms with Gasteiger partial charge in [0.05, 0.1) is 6.07 Å². The van der Waals surface area contributed by atoms with E-state index >= 15 is 0 Å². The van der Waals surface area contributed by atoms with Crippen LogP contribution in [0.2, 0.25) is 0 Å². The van der Waals surface area contributed by atoms with Crippen molar-refractivity contribution in [2.24, 2.45) is 0 Å². The maximum Gasteiger partial charge on any atom is 0.0912 e. The monoisotopic (exact) mass is 170 g/mol. The second-order valence-electron chi connectivity index (χ2n) is 2.51. The largest absolute Gasteiger partial charge is 0.399 e. The highest BCUT2D eigenvalue weighted by Crippen LogP contribution is 2.06. The van der Waals surface area contributed by atoms with E-state index in [0.29, 0.717) is 0 Å². The van der Waals surface area contributed by atoms with E-state index in [9.17, 15) is 0 Å². The average molecular weight is 170 g/mol. The first-order valence-electron chi connectivity index (χ1n) is 3.91. The summed E-state index contributed by atoms with van der Waals surface area (Å²) in [6.45, 7) is 0. The smallest absolute Gasteiger partial charge is 0.0912 e. The van der Waals surface area contributed by atoms with Crippen LogP contribution in [0.3, 0.4) is 0 Å². The van der Waals surface area contributed by atoms with Crippen LogP contribution in [0.25, 0.3) is 6.08 Å². The van der Waals surface area contributed by atoms with Crippen molar-refractivity contribution in [3.63, 3.8) is 0 Å². The molecule has 0 aromatic heterocycles. The number of nitriles is 1. The number of nitrogens with two attached hydrogens (primary N) is 1. The minimum Gasteiger partial charge on any atom is -0.399 e. The number of nitrogen functional groups attached to an aromatic ring is 1. The van der Waals surface area contributed by atoms with E-state index in [1.807, 2.05) is 42.5 Å². The summed E-state index contributed by atoms with van der Waals surface area (Å²) in [4.78, 5) is 0. The third-order valence-electron chi connectivity index (χ3n) is 1.51.